The van der Waals surface area contributed by atoms with E-state index in [0.29, 0.717) is 0 Å². The van der Waals surface area contributed by atoms with Crippen LogP contribution in [-0.4, -0.2) is 33.3 Å². The molecule has 1 unspecified atom stereocenters. The van der Waals surface area contributed by atoms with Crippen molar-refractivity contribution in [3.05, 3.63) is 35.4 Å². The lowest BCUT2D eigenvalue weighted by molar-refractivity contribution is -0.140. The summed E-state index contributed by atoms with van der Waals surface area (Å²) < 4.78 is 31.3. The molecule has 6 heteroatoms. The van der Waals surface area contributed by atoms with Crippen molar-refractivity contribution < 1.29 is 17.9 Å². The van der Waals surface area contributed by atoms with Crippen molar-refractivity contribution in [3.8, 4) is 0 Å². The highest BCUT2D eigenvalue weighted by atomic mass is 32.2. The molecule has 1 aliphatic carbocycles. The average molecular weight is 311 g/mol. The van der Waals surface area contributed by atoms with Crippen LogP contribution in [0.1, 0.15) is 30.4 Å². The molecule has 2 rings (SSSR count). The number of hydrogen-bond acceptors (Lipinski definition) is 4. The zero-order valence-corrected chi connectivity index (χ0v) is 13.0. The van der Waals surface area contributed by atoms with Crippen molar-refractivity contribution in [1.29, 1.82) is 0 Å². The Morgan fingerprint density at radius 2 is 2.05 bits per heavy atom. The minimum Gasteiger partial charge on any atom is -0.469 e. The third-order valence-electron chi connectivity index (χ3n) is 3.71. The Kier molecular flexibility index (Phi) is 5.36. The first kappa shape index (κ1) is 16.0. The third kappa shape index (κ3) is 4.82. The Balaban J connectivity index is 1.86. The first-order valence-electron chi connectivity index (χ1n) is 7.14. The van der Waals surface area contributed by atoms with Gasteiger partial charge >= 0.3 is 5.97 Å². The van der Waals surface area contributed by atoms with Gasteiger partial charge in [0.25, 0.3) is 0 Å². The van der Waals surface area contributed by atoms with E-state index in [9.17, 15) is 13.2 Å². The van der Waals surface area contributed by atoms with Crippen LogP contribution in [0.4, 0.5) is 0 Å². The molecule has 0 aliphatic heterocycles. The highest BCUT2D eigenvalue weighted by molar-refractivity contribution is 7.89. The van der Waals surface area contributed by atoms with Crippen molar-refractivity contribution in [3.63, 3.8) is 0 Å². The van der Waals surface area contributed by atoms with Crippen molar-refractivity contribution in [2.75, 3.05) is 12.9 Å². The van der Waals surface area contributed by atoms with E-state index in [0.717, 1.165) is 19.3 Å². The average Bonchev–Trinajstić information content (AvgIpc) is 2.46. The number of hydrogen-bond donors (Lipinski definition) is 1. The number of aryl methyl sites for hydroxylation is 1. The molecule has 5 nitrogen and oxygen atoms in total. The van der Waals surface area contributed by atoms with E-state index in [4.69, 9.17) is 0 Å². The van der Waals surface area contributed by atoms with Gasteiger partial charge in [0.15, 0.2) is 0 Å². The molecule has 0 spiro atoms. The molecule has 0 fully saturated rings. The second kappa shape index (κ2) is 7.04. The van der Waals surface area contributed by atoms with Crippen LogP contribution in [0.5, 0.6) is 0 Å². The number of carbonyl (C=O) groups is 1. The number of fused-ring (bicyclic) bond motifs is 1. The first-order valence-corrected chi connectivity index (χ1v) is 8.79. The summed E-state index contributed by atoms with van der Waals surface area (Å²) in [6.45, 7) is 0. The van der Waals surface area contributed by atoms with Crippen LogP contribution in [0, 0.1) is 0 Å². The molecule has 0 bridgehead atoms. The number of methoxy groups -OCH3 is 1. The number of benzene rings is 1. The monoisotopic (exact) mass is 311 g/mol. The summed E-state index contributed by atoms with van der Waals surface area (Å²) in [5.74, 6) is -0.419. The number of rotatable bonds is 6. The number of carbonyl (C=O) groups excluding carboxylic acids is 1. The van der Waals surface area contributed by atoms with E-state index >= 15 is 0 Å². The van der Waals surface area contributed by atoms with Gasteiger partial charge in [0.05, 0.1) is 12.9 Å². The molecule has 1 N–H and O–H groups in total. The Hall–Kier alpha value is -1.40. The van der Waals surface area contributed by atoms with Crippen molar-refractivity contribution >= 4 is 16.0 Å². The lowest BCUT2D eigenvalue weighted by atomic mass is 9.89. The maximum atomic E-state index is 12.0. The van der Waals surface area contributed by atoms with Gasteiger partial charge < -0.3 is 4.74 Å². The van der Waals surface area contributed by atoms with Gasteiger partial charge in [-0.15, -0.1) is 0 Å². The van der Waals surface area contributed by atoms with E-state index in [-0.39, 0.29) is 30.6 Å². The Labute approximate surface area is 125 Å². The van der Waals surface area contributed by atoms with E-state index in [1.165, 1.54) is 18.2 Å². The quantitative estimate of drug-likeness (QED) is 0.806. The van der Waals surface area contributed by atoms with Crippen LogP contribution in [0.2, 0.25) is 0 Å². The van der Waals surface area contributed by atoms with Crippen LogP contribution in [-0.2, 0) is 32.4 Å². The normalized spacial score (nSPS) is 18.0. The smallest absolute Gasteiger partial charge is 0.305 e. The molecule has 21 heavy (non-hydrogen) atoms. The van der Waals surface area contributed by atoms with Gasteiger partial charge in [-0.3, -0.25) is 4.79 Å². The van der Waals surface area contributed by atoms with Crippen LogP contribution in [0.15, 0.2) is 24.3 Å². The maximum absolute atomic E-state index is 12.0. The number of sulfonamides is 1. The summed E-state index contributed by atoms with van der Waals surface area (Å²) in [7, 11) is -2.05. The second-order valence-electron chi connectivity index (χ2n) is 5.32. The predicted molar refractivity (Wildman–Crippen MR) is 80.4 cm³/mol. The van der Waals surface area contributed by atoms with Crippen molar-refractivity contribution in [2.45, 2.75) is 38.1 Å². The highest BCUT2D eigenvalue weighted by Gasteiger charge is 2.22. The fourth-order valence-corrected chi connectivity index (χ4v) is 3.97. The minimum atomic E-state index is -3.35. The van der Waals surface area contributed by atoms with Gasteiger partial charge in [-0.1, -0.05) is 24.3 Å². The topological polar surface area (TPSA) is 72.5 Å². The van der Waals surface area contributed by atoms with Gasteiger partial charge in [-0.05, 0) is 36.8 Å². The molecule has 1 aliphatic rings. The molecule has 0 heterocycles. The van der Waals surface area contributed by atoms with Crippen LogP contribution in [0.25, 0.3) is 0 Å². The van der Waals surface area contributed by atoms with Gasteiger partial charge in [0.1, 0.15) is 0 Å². The first-order chi connectivity index (χ1) is 10.00. The highest BCUT2D eigenvalue weighted by Crippen LogP contribution is 2.21. The second-order valence-corrected chi connectivity index (χ2v) is 7.20. The molecule has 116 valence electrons. The minimum absolute atomic E-state index is 0.0414. The third-order valence-corrected chi connectivity index (χ3v) is 5.23. The summed E-state index contributed by atoms with van der Waals surface area (Å²) in [5.41, 5.74) is 2.52. The Morgan fingerprint density at radius 3 is 2.76 bits per heavy atom. The maximum Gasteiger partial charge on any atom is 0.305 e. The number of nitrogens with one attached hydrogen (secondary N) is 1. The fourth-order valence-electron chi connectivity index (χ4n) is 2.62. The van der Waals surface area contributed by atoms with E-state index in [1.807, 2.05) is 18.2 Å². The number of esters is 1. The van der Waals surface area contributed by atoms with E-state index < -0.39 is 10.0 Å². The molecule has 1 aromatic rings. The summed E-state index contributed by atoms with van der Waals surface area (Å²) in [6.07, 6.45) is 2.85. The molecule has 1 atom stereocenters. The lowest BCUT2D eigenvalue weighted by Crippen LogP contribution is -2.40. The SMILES string of the molecule is COC(=O)CCCS(=O)(=O)NC1CCc2ccccc2C1. The number of ether oxygens (including phenoxy) is 1. The van der Waals surface area contributed by atoms with Gasteiger partial charge in [0, 0.05) is 12.5 Å². The Bertz CT molecular complexity index is 597. The largest absolute Gasteiger partial charge is 0.469 e. The molecular weight excluding hydrogens is 290 g/mol. The van der Waals surface area contributed by atoms with E-state index in [1.54, 1.807) is 0 Å². The molecule has 0 aromatic heterocycles. The van der Waals surface area contributed by atoms with Crippen LogP contribution in [0.3, 0.4) is 0 Å². The summed E-state index contributed by atoms with van der Waals surface area (Å²) >= 11 is 0. The van der Waals surface area contributed by atoms with Gasteiger partial charge in [-0.25, -0.2) is 13.1 Å². The zero-order chi connectivity index (χ0) is 15.3. The lowest BCUT2D eigenvalue weighted by Gasteiger charge is -2.25. The summed E-state index contributed by atoms with van der Waals surface area (Å²) in [4.78, 5) is 11.0. The van der Waals surface area contributed by atoms with Gasteiger partial charge in [0.2, 0.25) is 10.0 Å². The molecule has 0 saturated heterocycles. The van der Waals surface area contributed by atoms with Crippen LogP contribution < -0.4 is 4.72 Å². The van der Waals surface area contributed by atoms with Crippen molar-refractivity contribution in [2.24, 2.45) is 0 Å². The fraction of sp³-hybridized carbons (Fsp3) is 0.533. The van der Waals surface area contributed by atoms with Crippen molar-refractivity contribution in [1.82, 2.24) is 4.72 Å². The van der Waals surface area contributed by atoms with Crippen LogP contribution >= 0.6 is 0 Å². The molecule has 0 radical (unpaired) electrons. The van der Waals surface area contributed by atoms with Gasteiger partial charge in [-0.2, -0.15) is 0 Å². The summed E-state index contributed by atoms with van der Waals surface area (Å²) in [5, 5.41) is 0. The molecular formula is C15H21NO4S. The molecule has 1 aromatic carbocycles. The molecule has 0 amide bonds. The summed E-state index contributed by atoms with van der Waals surface area (Å²) in [6, 6.07) is 8.08. The predicted octanol–water partition coefficient (Wildman–Crippen LogP) is 1.42. The van der Waals surface area contributed by atoms with E-state index in [2.05, 4.69) is 15.5 Å². The molecule has 0 saturated carbocycles. The Morgan fingerprint density at radius 1 is 1.33 bits per heavy atom. The zero-order valence-electron chi connectivity index (χ0n) is 12.2. The standard InChI is InChI=1S/C15H21NO4S/c1-20-15(17)7-4-10-21(18,19)16-14-9-8-12-5-2-3-6-13(12)11-14/h2-3,5-6,14,16H,4,7-11H2,1H3.